The van der Waals surface area contributed by atoms with Crippen molar-refractivity contribution in [1.82, 2.24) is 0 Å². The van der Waals surface area contributed by atoms with Gasteiger partial charge in [-0.2, -0.15) is 0 Å². The second-order valence-electron chi connectivity index (χ2n) is 4.21. The SMILES string of the molecule is O=CCCc1ccc(S(=O)(=O)C2CC2)c(Cl)c1. The van der Waals surface area contributed by atoms with Gasteiger partial charge in [0.2, 0.25) is 0 Å². The van der Waals surface area contributed by atoms with Crippen molar-refractivity contribution in [3.63, 3.8) is 0 Å². The van der Waals surface area contributed by atoms with Crippen molar-refractivity contribution >= 4 is 27.7 Å². The van der Waals surface area contributed by atoms with Crippen molar-refractivity contribution < 1.29 is 13.2 Å². The number of hydrogen-bond acceptors (Lipinski definition) is 3. The summed E-state index contributed by atoms with van der Waals surface area (Å²) in [6.07, 6.45) is 3.30. The molecule has 0 atom stereocenters. The highest BCUT2D eigenvalue weighted by Gasteiger charge is 2.37. The molecule has 0 saturated heterocycles. The first-order valence-corrected chi connectivity index (χ1v) is 7.44. The number of hydrogen-bond donors (Lipinski definition) is 0. The molecule has 0 unspecified atom stereocenters. The molecule has 0 spiro atoms. The second kappa shape index (κ2) is 4.78. The minimum Gasteiger partial charge on any atom is -0.303 e. The van der Waals surface area contributed by atoms with Gasteiger partial charge in [0.15, 0.2) is 9.84 Å². The number of sulfone groups is 1. The van der Waals surface area contributed by atoms with Crippen LogP contribution in [0.15, 0.2) is 23.1 Å². The van der Waals surface area contributed by atoms with Crippen LogP contribution < -0.4 is 0 Å². The summed E-state index contributed by atoms with van der Waals surface area (Å²) in [5.41, 5.74) is 0.886. The number of carbonyl (C=O) groups is 1. The minimum absolute atomic E-state index is 0.219. The third kappa shape index (κ3) is 2.69. The molecule has 92 valence electrons. The lowest BCUT2D eigenvalue weighted by Crippen LogP contribution is -2.08. The van der Waals surface area contributed by atoms with Crippen molar-refractivity contribution in [2.24, 2.45) is 0 Å². The molecular weight excluding hydrogens is 260 g/mol. The van der Waals surface area contributed by atoms with Gasteiger partial charge in [0.25, 0.3) is 0 Å². The van der Waals surface area contributed by atoms with E-state index in [0.717, 1.165) is 24.7 Å². The van der Waals surface area contributed by atoms with Crippen LogP contribution in [0.2, 0.25) is 5.02 Å². The van der Waals surface area contributed by atoms with E-state index in [1.807, 2.05) is 0 Å². The topological polar surface area (TPSA) is 51.2 Å². The molecule has 0 bridgehead atoms. The summed E-state index contributed by atoms with van der Waals surface area (Å²) < 4.78 is 24.0. The van der Waals surface area contributed by atoms with Crippen LogP contribution in [-0.4, -0.2) is 20.0 Å². The molecule has 17 heavy (non-hydrogen) atoms. The standard InChI is InChI=1S/C12H13ClO3S/c13-11-8-9(2-1-7-14)3-6-12(11)17(15,16)10-4-5-10/h3,6-8,10H,1-2,4-5H2. The van der Waals surface area contributed by atoms with Gasteiger partial charge < -0.3 is 4.79 Å². The van der Waals surface area contributed by atoms with E-state index < -0.39 is 9.84 Å². The molecule has 1 aliphatic rings. The zero-order chi connectivity index (χ0) is 12.5. The Morgan fingerprint density at radius 1 is 1.35 bits per heavy atom. The maximum Gasteiger partial charge on any atom is 0.182 e. The predicted molar refractivity (Wildman–Crippen MR) is 66.0 cm³/mol. The van der Waals surface area contributed by atoms with Crippen LogP contribution in [0.5, 0.6) is 0 Å². The van der Waals surface area contributed by atoms with Crippen LogP contribution in [0.3, 0.4) is 0 Å². The van der Waals surface area contributed by atoms with Crippen molar-refractivity contribution in [3.8, 4) is 0 Å². The maximum atomic E-state index is 12.0. The van der Waals surface area contributed by atoms with Crippen LogP contribution in [0, 0.1) is 0 Å². The van der Waals surface area contributed by atoms with Gasteiger partial charge >= 0.3 is 0 Å². The highest BCUT2D eigenvalue weighted by atomic mass is 35.5. The van der Waals surface area contributed by atoms with E-state index in [2.05, 4.69) is 0 Å². The summed E-state index contributed by atoms with van der Waals surface area (Å²) in [6, 6.07) is 4.92. The molecule has 0 aliphatic heterocycles. The minimum atomic E-state index is -3.24. The Hall–Kier alpha value is -0.870. The van der Waals surface area contributed by atoms with Crippen LogP contribution >= 0.6 is 11.6 Å². The molecule has 0 amide bonds. The fourth-order valence-corrected chi connectivity index (χ4v) is 3.94. The van der Waals surface area contributed by atoms with Crippen molar-refractivity contribution in [3.05, 3.63) is 28.8 Å². The van der Waals surface area contributed by atoms with E-state index in [0.29, 0.717) is 12.8 Å². The number of rotatable bonds is 5. The summed E-state index contributed by atoms with van der Waals surface area (Å²) >= 11 is 6.00. The van der Waals surface area contributed by atoms with Crippen LogP contribution in [0.25, 0.3) is 0 Å². The molecule has 5 heteroatoms. The lowest BCUT2D eigenvalue weighted by Gasteiger charge is -2.07. The molecule has 0 aromatic heterocycles. The monoisotopic (exact) mass is 272 g/mol. The quantitative estimate of drug-likeness (QED) is 0.774. The lowest BCUT2D eigenvalue weighted by molar-refractivity contribution is -0.107. The molecule has 2 rings (SSSR count). The summed E-state index contributed by atoms with van der Waals surface area (Å²) in [6.45, 7) is 0. The summed E-state index contributed by atoms with van der Waals surface area (Å²) in [4.78, 5) is 10.5. The fraction of sp³-hybridized carbons (Fsp3) is 0.417. The summed E-state index contributed by atoms with van der Waals surface area (Å²) in [7, 11) is -3.24. The van der Waals surface area contributed by atoms with Crippen molar-refractivity contribution in [1.29, 1.82) is 0 Å². The molecule has 0 N–H and O–H groups in total. The van der Waals surface area contributed by atoms with E-state index in [-0.39, 0.29) is 15.2 Å². The average molecular weight is 273 g/mol. The Kier molecular flexibility index (Phi) is 3.54. The van der Waals surface area contributed by atoms with Crippen LogP contribution in [-0.2, 0) is 21.1 Å². The zero-order valence-electron chi connectivity index (χ0n) is 9.23. The van der Waals surface area contributed by atoms with E-state index >= 15 is 0 Å². The van der Waals surface area contributed by atoms with Crippen LogP contribution in [0.1, 0.15) is 24.8 Å². The number of benzene rings is 1. The average Bonchev–Trinajstić information content (AvgIpc) is 3.10. The highest BCUT2D eigenvalue weighted by molar-refractivity contribution is 7.92. The molecule has 1 aromatic rings. The summed E-state index contributed by atoms with van der Waals surface area (Å²) in [5, 5.41) is 0.0149. The first-order valence-electron chi connectivity index (χ1n) is 5.51. The first-order chi connectivity index (χ1) is 8.05. The van der Waals surface area contributed by atoms with Gasteiger partial charge in [-0.05, 0) is 37.0 Å². The first kappa shape index (κ1) is 12.6. The third-order valence-corrected chi connectivity index (χ3v) is 5.56. The molecule has 0 heterocycles. The normalized spacial score (nSPS) is 15.8. The van der Waals surface area contributed by atoms with Gasteiger partial charge in [-0.15, -0.1) is 0 Å². The Morgan fingerprint density at radius 2 is 2.06 bits per heavy atom. The number of aryl methyl sites for hydroxylation is 1. The van der Waals surface area contributed by atoms with Gasteiger partial charge in [-0.25, -0.2) is 8.42 Å². The Labute approximate surface area is 106 Å². The van der Waals surface area contributed by atoms with Crippen molar-refractivity contribution in [2.75, 3.05) is 0 Å². The molecule has 3 nitrogen and oxygen atoms in total. The molecular formula is C12H13ClO3S. The smallest absolute Gasteiger partial charge is 0.182 e. The fourth-order valence-electron chi connectivity index (χ4n) is 1.71. The zero-order valence-corrected chi connectivity index (χ0v) is 10.8. The van der Waals surface area contributed by atoms with Gasteiger partial charge in [-0.3, -0.25) is 0 Å². The van der Waals surface area contributed by atoms with E-state index in [4.69, 9.17) is 11.6 Å². The largest absolute Gasteiger partial charge is 0.303 e. The third-order valence-electron chi connectivity index (χ3n) is 2.82. The number of aldehydes is 1. The van der Waals surface area contributed by atoms with Gasteiger partial charge in [-0.1, -0.05) is 17.7 Å². The number of halogens is 1. The molecule has 0 radical (unpaired) electrons. The second-order valence-corrected chi connectivity index (χ2v) is 6.82. The van der Waals surface area contributed by atoms with Crippen molar-refractivity contribution in [2.45, 2.75) is 35.8 Å². The predicted octanol–water partition coefficient (Wildman–Crippen LogP) is 2.41. The van der Waals surface area contributed by atoms with Gasteiger partial charge in [0, 0.05) is 6.42 Å². The van der Waals surface area contributed by atoms with E-state index in [9.17, 15) is 13.2 Å². The highest BCUT2D eigenvalue weighted by Crippen LogP contribution is 2.36. The Morgan fingerprint density at radius 3 is 2.59 bits per heavy atom. The van der Waals surface area contributed by atoms with Gasteiger partial charge in [0.05, 0.1) is 15.2 Å². The molecule has 1 aromatic carbocycles. The van der Waals surface area contributed by atoms with E-state index in [1.54, 1.807) is 18.2 Å². The van der Waals surface area contributed by atoms with Crippen LogP contribution in [0.4, 0.5) is 0 Å². The maximum absolute atomic E-state index is 12.0. The Balaban J connectivity index is 2.28. The van der Waals surface area contributed by atoms with Gasteiger partial charge in [0.1, 0.15) is 6.29 Å². The lowest BCUT2D eigenvalue weighted by atomic mass is 10.1. The number of carbonyl (C=O) groups excluding carboxylic acids is 1. The molecule has 1 aliphatic carbocycles. The summed E-state index contributed by atoms with van der Waals surface area (Å²) in [5.74, 6) is 0. The Bertz CT molecular complexity index is 533. The molecule has 1 saturated carbocycles. The van der Waals surface area contributed by atoms with E-state index in [1.165, 1.54) is 0 Å². The molecule has 1 fully saturated rings.